The minimum atomic E-state index is -1.22. The molecule has 0 aliphatic heterocycles. The second-order valence-electron chi connectivity index (χ2n) is 3.36. The Morgan fingerprint density at radius 3 is 2.14 bits per heavy atom. The minimum Gasteiger partial charge on any atom is -0.478 e. The van der Waals surface area contributed by atoms with Gasteiger partial charge in [-0.15, -0.1) is 0 Å². The first-order valence-electron chi connectivity index (χ1n) is 6.35. The fourth-order valence-corrected chi connectivity index (χ4v) is 1.26. The van der Waals surface area contributed by atoms with Crippen LogP contribution in [0.25, 0.3) is 0 Å². The molecule has 0 fully saturated rings. The summed E-state index contributed by atoms with van der Waals surface area (Å²) in [5.41, 5.74) is -0.194. The number of carbonyl (C=O) groups is 3. The van der Waals surface area contributed by atoms with Gasteiger partial charge < -0.3 is 14.6 Å². The van der Waals surface area contributed by atoms with Crippen molar-refractivity contribution in [3.05, 3.63) is 48.0 Å². The lowest BCUT2D eigenvalue weighted by molar-refractivity contribution is -0.138. The molecule has 0 amide bonds. The van der Waals surface area contributed by atoms with Gasteiger partial charge in [-0.05, 0) is 12.1 Å². The molecule has 0 radical (unpaired) electrons. The molecule has 1 aromatic carbocycles. The molecule has 0 unspecified atom stereocenters. The lowest BCUT2D eigenvalue weighted by atomic mass is 10.1. The molecular formula is C15H18O6. The summed E-state index contributed by atoms with van der Waals surface area (Å²) < 4.78 is 9.40. The fraction of sp³-hybridized carbons (Fsp3) is 0.267. The highest BCUT2D eigenvalue weighted by atomic mass is 16.6. The van der Waals surface area contributed by atoms with Crippen LogP contribution in [0.4, 0.5) is 0 Å². The van der Waals surface area contributed by atoms with Gasteiger partial charge in [0.2, 0.25) is 0 Å². The number of benzene rings is 1. The zero-order chi connectivity index (χ0) is 16.3. The predicted molar refractivity (Wildman–Crippen MR) is 76.2 cm³/mol. The largest absolute Gasteiger partial charge is 0.478 e. The molecule has 1 aromatic rings. The molecule has 0 aliphatic rings. The summed E-state index contributed by atoms with van der Waals surface area (Å²) in [6.45, 7) is 6.93. The van der Waals surface area contributed by atoms with E-state index in [2.05, 4.69) is 11.3 Å². The number of hydrogen-bond donors (Lipinski definition) is 1. The Kier molecular flexibility index (Phi) is 8.92. The van der Waals surface area contributed by atoms with Crippen LogP contribution >= 0.6 is 0 Å². The lowest BCUT2D eigenvalue weighted by Gasteiger charge is -2.07. The van der Waals surface area contributed by atoms with Crippen molar-refractivity contribution >= 4 is 17.9 Å². The van der Waals surface area contributed by atoms with Gasteiger partial charge in [0.1, 0.15) is 13.2 Å². The van der Waals surface area contributed by atoms with Crippen molar-refractivity contribution in [3.63, 3.8) is 0 Å². The quantitative estimate of drug-likeness (QED) is 0.492. The van der Waals surface area contributed by atoms with Gasteiger partial charge in [-0.3, -0.25) is 0 Å². The van der Waals surface area contributed by atoms with Crippen molar-refractivity contribution in [2.45, 2.75) is 13.8 Å². The summed E-state index contributed by atoms with van der Waals surface area (Å²) in [7, 11) is 0. The molecule has 6 nitrogen and oxygen atoms in total. The van der Waals surface area contributed by atoms with E-state index in [4.69, 9.17) is 9.84 Å². The van der Waals surface area contributed by atoms with E-state index in [9.17, 15) is 14.4 Å². The summed E-state index contributed by atoms with van der Waals surface area (Å²) in [6, 6.07) is 5.69. The standard InChI is InChI=1S/C13H12O6.C2H6/c1-2-11(14)18-7-8-19-13(17)10-6-4-3-5-9(10)12(15)16;1-2/h2-6H,1,7-8H2,(H,15,16);1-2H3. The molecule has 0 aromatic heterocycles. The van der Waals surface area contributed by atoms with Crippen LogP contribution in [-0.4, -0.2) is 36.2 Å². The van der Waals surface area contributed by atoms with Gasteiger partial charge in [-0.2, -0.15) is 0 Å². The molecule has 0 heterocycles. The van der Waals surface area contributed by atoms with Gasteiger partial charge in [0.05, 0.1) is 11.1 Å². The van der Waals surface area contributed by atoms with Crippen LogP contribution in [0.3, 0.4) is 0 Å². The van der Waals surface area contributed by atoms with E-state index in [-0.39, 0.29) is 24.3 Å². The molecule has 0 aliphatic carbocycles. The van der Waals surface area contributed by atoms with Crippen LogP contribution in [-0.2, 0) is 14.3 Å². The topological polar surface area (TPSA) is 89.9 Å². The molecule has 6 heteroatoms. The Labute approximate surface area is 123 Å². The van der Waals surface area contributed by atoms with E-state index in [0.29, 0.717) is 0 Å². The number of rotatable bonds is 6. The van der Waals surface area contributed by atoms with Gasteiger partial charge in [0, 0.05) is 6.08 Å². The van der Waals surface area contributed by atoms with Crippen LogP contribution in [0.2, 0.25) is 0 Å². The van der Waals surface area contributed by atoms with Crippen molar-refractivity contribution in [1.29, 1.82) is 0 Å². The Bertz CT molecular complexity index is 507. The predicted octanol–water partition coefficient (Wildman–Crippen LogP) is 2.30. The van der Waals surface area contributed by atoms with Crippen LogP contribution in [0, 0.1) is 0 Å². The zero-order valence-corrected chi connectivity index (χ0v) is 12.0. The van der Waals surface area contributed by atoms with Gasteiger partial charge in [-0.25, -0.2) is 14.4 Å². The van der Waals surface area contributed by atoms with Gasteiger partial charge in [-0.1, -0.05) is 32.6 Å². The first-order valence-corrected chi connectivity index (χ1v) is 6.35. The second kappa shape index (κ2) is 10.2. The second-order valence-corrected chi connectivity index (χ2v) is 3.36. The highest BCUT2D eigenvalue weighted by Gasteiger charge is 2.16. The Hall–Kier alpha value is -2.63. The molecule has 0 saturated carbocycles. The molecule has 0 spiro atoms. The summed E-state index contributed by atoms with van der Waals surface area (Å²) in [6.07, 6.45) is 0.988. The van der Waals surface area contributed by atoms with E-state index < -0.39 is 17.9 Å². The minimum absolute atomic E-state index is 0.0509. The third kappa shape index (κ3) is 6.38. The number of carboxylic acids is 1. The van der Waals surface area contributed by atoms with E-state index >= 15 is 0 Å². The summed E-state index contributed by atoms with van der Waals surface area (Å²) >= 11 is 0. The summed E-state index contributed by atoms with van der Waals surface area (Å²) in [4.78, 5) is 33.2. The van der Waals surface area contributed by atoms with Gasteiger partial charge >= 0.3 is 17.9 Å². The number of ether oxygens (including phenoxy) is 2. The van der Waals surface area contributed by atoms with Crippen molar-refractivity contribution in [3.8, 4) is 0 Å². The van der Waals surface area contributed by atoms with Crippen LogP contribution in [0.5, 0.6) is 0 Å². The van der Waals surface area contributed by atoms with E-state index in [0.717, 1.165) is 6.08 Å². The first-order chi connectivity index (χ1) is 10.1. The van der Waals surface area contributed by atoms with Crippen molar-refractivity contribution in [1.82, 2.24) is 0 Å². The van der Waals surface area contributed by atoms with E-state index in [1.807, 2.05) is 13.8 Å². The molecule has 0 bridgehead atoms. The number of carbonyl (C=O) groups excluding carboxylic acids is 2. The smallest absolute Gasteiger partial charge is 0.339 e. The Balaban J connectivity index is 0.00000191. The maximum atomic E-state index is 11.6. The maximum Gasteiger partial charge on any atom is 0.339 e. The van der Waals surface area contributed by atoms with Crippen molar-refractivity contribution in [2.75, 3.05) is 13.2 Å². The van der Waals surface area contributed by atoms with Crippen LogP contribution in [0.15, 0.2) is 36.9 Å². The van der Waals surface area contributed by atoms with Crippen molar-refractivity contribution in [2.24, 2.45) is 0 Å². The molecule has 114 valence electrons. The monoisotopic (exact) mass is 294 g/mol. The molecule has 0 atom stereocenters. The molecule has 1 rings (SSSR count). The number of esters is 2. The molecule has 1 N–H and O–H groups in total. The van der Waals surface area contributed by atoms with E-state index in [1.54, 1.807) is 0 Å². The summed E-state index contributed by atoms with van der Waals surface area (Å²) in [5.74, 6) is -2.62. The Morgan fingerprint density at radius 2 is 1.62 bits per heavy atom. The number of hydrogen-bond acceptors (Lipinski definition) is 5. The third-order valence-corrected chi connectivity index (χ3v) is 2.10. The fourth-order valence-electron chi connectivity index (χ4n) is 1.26. The number of aromatic carboxylic acids is 1. The maximum absolute atomic E-state index is 11.6. The number of carboxylic acid groups (broad SMARTS) is 1. The van der Waals surface area contributed by atoms with Crippen molar-refractivity contribution < 1.29 is 29.0 Å². The van der Waals surface area contributed by atoms with Gasteiger partial charge in [0.25, 0.3) is 0 Å². The van der Waals surface area contributed by atoms with E-state index in [1.165, 1.54) is 24.3 Å². The lowest BCUT2D eigenvalue weighted by Crippen LogP contribution is -2.15. The normalized spacial score (nSPS) is 8.86. The highest BCUT2D eigenvalue weighted by molar-refractivity contribution is 6.02. The molecule has 0 saturated heterocycles. The highest BCUT2D eigenvalue weighted by Crippen LogP contribution is 2.10. The SMILES string of the molecule is C=CC(=O)OCCOC(=O)c1ccccc1C(=O)O.CC. The van der Waals surface area contributed by atoms with Crippen LogP contribution < -0.4 is 0 Å². The van der Waals surface area contributed by atoms with Gasteiger partial charge in [0.15, 0.2) is 0 Å². The average Bonchev–Trinajstić information content (AvgIpc) is 2.52. The average molecular weight is 294 g/mol. The molecular weight excluding hydrogens is 276 g/mol. The molecule has 21 heavy (non-hydrogen) atoms. The zero-order valence-electron chi connectivity index (χ0n) is 12.0. The van der Waals surface area contributed by atoms with Crippen LogP contribution in [0.1, 0.15) is 34.6 Å². The third-order valence-electron chi connectivity index (χ3n) is 2.10. The first kappa shape index (κ1) is 18.4. The Morgan fingerprint density at radius 1 is 1.10 bits per heavy atom. The summed E-state index contributed by atoms with van der Waals surface area (Å²) in [5, 5.41) is 8.90.